The number of aryl methyl sites for hydroxylation is 1. The smallest absolute Gasteiger partial charge is 0.144 e. The predicted molar refractivity (Wildman–Crippen MR) is 241 cm³/mol. The first-order chi connectivity index (χ1) is 29.1. The Morgan fingerprint density at radius 1 is 0.525 bits per heavy atom. The molecule has 6 heteroatoms. The van der Waals surface area contributed by atoms with Crippen LogP contribution in [0.1, 0.15) is 11.4 Å². The number of imidazole rings is 1. The van der Waals surface area contributed by atoms with Gasteiger partial charge >= 0.3 is 0 Å². The quantitative estimate of drug-likeness (QED) is 0.162. The molecule has 0 radical (unpaired) electrons. The van der Waals surface area contributed by atoms with Gasteiger partial charge in [-0.15, -0.1) is 0 Å². The number of rotatable bonds is 7. The number of anilines is 2. The molecule has 0 unspecified atom stereocenters. The molecule has 10 aromatic rings. The highest BCUT2D eigenvalue weighted by molar-refractivity contribution is 6.09. The largest absolute Gasteiger partial charge is 0.457 e. The van der Waals surface area contributed by atoms with Crippen molar-refractivity contribution in [1.82, 2.24) is 19.1 Å². The highest BCUT2D eigenvalue weighted by Gasteiger charge is 2.28. The molecule has 0 amide bonds. The van der Waals surface area contributed by atoms with Gasteiger partial charge in [-0.05, 0) is 102 Å². The third-order valence-corrected chi connectivity index (χ3v) is 11.7. The minimum Gasteiger partial charge on any atom is -0.457 e. The first kappa shape index (κ1) is 34.5. The van der Waals surface area contributed by atoms with E-state index in [4.69, 9.17) is 14.7 Å². The zero-order valence-electron chi connectivity index (χ0n) is 32.7. The van der Waals surface area contributed by atoms with Crippen LogP contribution in [0, 0.1) is 13.8 Å². The average Bonchev–Trinajstić information content (AvgIpc) is 3.78. The maximum absolute atomic E-state index is 7.06. The van der Waals surface area contributed by atoms with Crippen molar-refractivity contribution in [3.8, 4) is 62.1 Å². The second kappa shape index (κ2) is 14.0. The maximum atomic E-state index is 7.06. The highest BCUT2D eigenvalue weighted by atomic mass is 16.5. The van der Waals surface area contributed by atoms with Crippen LogP contribution in [0.15, 0.2) is 188 Å². The van der Waals surface area contributed by atoms with Crippen LogP contribution < -0.4 is 9.64 Å². The predicted octanol–water partition coefficient (Wildman–Crippen LogP) is 13.6. The standard InChI is InChI=1S/C53H39N5O/c1-35-36(2)56-34-57(48-24-11-10-21-47(48)53(56)55-35)40-30-39(52-43(37-16-5-3-6-17-37)22-15-23-44(52)38-18-7-4-8-19-38)31-42(32-40)59-41-27-28-46-45-20-9-12-25-49(45)58(50(46)33-41)51-26-13-14-29-54-51/h3-33H,34H2,1-2H3. The van der Waals surface area contributed by atoms with E-state index in [9.17, 15) is 0 Å². The van der Waals surface area contributed by atoms with E-state index in [1.807, 2.05) is 18.3 Å². The van der Waals surface area contributed by atoms with Crippen LogP contribution in [0.25, 0.3) is 72.4 Å². The molecule has 0 saturated heterocycles. The molecule has 0 N–H and O–H groups in total. The fourth-order valence-corrected chi connectivity index (χ4v) is 8.77. The molecule has 1 aliphatic heterocycles. The molecule has 0 saturated carbocycles. The van der Waals surface area contributed by atoms with Crippen LogP contribution >= 0.6 is 0 Å². The van der Waals surface area contributed by atoms with Gasteiger partial charge in [0.15, 0.2) is 0 Å². The number of aromatic nitrogens is 4. The number of hydrogen-bond acceptors (Lipinski definition) is 4. The summed E-state index contributed by atoms with van der Waals surface area (Å²) in [4.78, 5) is 12.2. The topological polar surface area (TPSA) is 48.1 Å². The average molecular weight is 762 g/mol. The van der Waals surface area contributed by atoms with Crippen molar-refractivity contribution in [3.63, 3.8) is 0 Å². The summed E-state index contributed by atoms with van der Waals surface area (Å²) in [6.45, 7) is 4.87. The second-order valence-electron chi connectivity index (χ2n) is 15.1. The maximum Gasteiger partial charge on any atom is 0.144 e. The number of pyridine rings is 1. The van der Waals surface area contributed by atoms with Crippen molar-refractivity contribution in [2.24, 2.45) is 0 Å². The number of benzene rings is 7. The van der Waals surface area contributed by atoms with Gasteiger partial charge in [-0.2, -0.15) is 0 Å². The number of ether oxygens (including phenoxy) is 1. The monoisotopic (exact) mass is 761 g/mol. The van der Waals surface area contributed by atoms with E-state index < -0.39 is 0 Å². The fraction of sp³-hybridized carbons (Fsp3) is 0.0566. The van der Waals surface area contributed by atoms with Gasteiger partial charge in [-0.25, -0.2) is 9.97 Å². The van der Waals surface area contributed by atoms with E-state index in [0.29, 0.717) is 6.67 Å². The van der Waals surface area contributed by atoms with Gasteiger partial charge < -0.3 is 14.2 Å². The molecule has 0 aliphatic carbocycles. The van der Waals surface area contributed by atoms with Crippen LogP contribution in [0.5, 0.6) is 11.5 Å². The molecule has 7 aromatic carbocycles. The molecule has 11 rings (SSSR count). The Morgan fingerprint density at radius 3 is 1.97 bits per heavy atom. The summed E-state index contributed by atoms with van der Waals surface area (Å²) in [5.74, 6) is 3.33. The van der Waals surface area contributed by atoms with E-state index in [1.165, 1.54) is 5.39 Å². The Kier molecular flexibility index (Phi) is 8.22. The van der Waals surface area contributed by atoms with Crippen molar-refractivity contribution < 1.29 is 4.74 Å². The number of para-hydroxylation sites is 2. The van der Waals surface area contributed by atoms with Gasteiger partial charge in [-0.3, -0.25) is 4.57 Å². The summed E-state index contributed by atoms with van der Waals surface area (Å²) in [6, 6.07) is 64.2. The zero-order valence-corrected chi connectivity index (χ0v) is 32.7. The summed E-state index contributed by atoms with van der Waals surface area (Å²) in [6.07, 6.45) is 1.84. The van der Waals surface area contributed by atoms with Gasteiger partial charge in [0.05, 0.1) is 22.4 Å². The minimum atomic E-state index is 0.615. The number of nitrogens with zero attached hydrogens (tertiary/aromatic N) is 5. The first-order valence-corrected chi connectivity index (χ1v) is 20.0. The lowest BCUT2D eigenvalue weighted by atomic mass is 9.87. The molecule has 0 bridgehead atoms. The van der Waals surface area contributed by atoms with Crippen molar-refractivity contribution >= 4 is 33.2 Å². The lowest BCUT2D eigenvalue weighted by molar-refractivity contribution is 0.483. The molecule has 0 atom stereocenters. The van der Waals surface area contributed by atoms with E-state index in [2.05, 4.69) is 198 Å². The van der Waals surface area contributed by atoms with Crippen LogP contribution in [0.3, 0.4) is 0 Å². The van der Waals surface area contributed by atoms with Gasteiger partial charge in [0.2, 0.25) is 0 Å². The van der Waals surface area contributed by atoms with Crippen molar-refractivity contribution in [2.75, 3.05) is 4.90 Å². The fourth-order valence-electron chi connectivity index (χ4n) is 8.77. The van der Waals surface area contributed by atoms with E-state index in [-0.39, 0.29) is 0 Å². The van der Waals surface area contributed by atoms with Crippen molar-refractivity contribution in [2.45, 2.75) is 20.5 Å². The summed E-state index contributed by atoms with van der Waals surface area (Å²) < 4.78 is 11.6. The Labute approximate surface area is 342 Å². The molecule has 282 valence electrons. The van der Waals surface area contributed by atoms with Crippen LogP contribution in [0.4, 0.5) is 11.4 Å². The lowest BCUT2D eigenvalue weighted by Gasteiger charge is -2.33. The summed E-state index contributed by atoms with van der Waals surface area (Å²) in [5, 5.41) is 2.31. The summed E-state index contributed by atoms with van der Waals surface area (Å²) in [5.41, 5.74) is 14.4. The SMILES string of the molecule is Cc1nc2n(c1C)CN(c1cc(Oc3ccc4c5ccccc5n(-c5ccccn5)c4c3)cc(-c3c(-c4ccccc4)cccc3-c3ccccc3)c1)c1ccccc1-2. The Balaban J connectivity index is 1.14. The Bertz CT molecular complexity index is 3130. The zero-order chi connectivity index (χ0) is 39.5. The molecule has 1 aliphatic rings. The van der Waals surface area contributed by atoms with Crippen LogP contribution in [0.2, 0.25) is 0 Å². The normalized spacial score (nSPS) is 12.1. The van der Waals surface area contributed by atoms with E-state index in [1.54, 1.807) is 0 Å². The summed E-state index contributed by atoms with van der Waals surface area (Å²) in [7, 11) is 0. The number of fused-ring (bicyclic) bond motifs is 6. The van der Waals surface area contributed by atoms with Crippen molar-refractivity contribution in [3.05, 3.63) is 200 Å². The van der Waals surface area contributed by atoms with Gasteiger partial charge in [0.25, 0.3) is 0 Å². The molecule has 4 heterocycles. The Morgan fingerprint density at radius 2 is 1.20 bits per heavy atom. The Hall–Kier alpha value is -7.70. The van der Waals surface area contributed by atoms with Crippen LogP contribution in [-0.2, 0) is 6.67 Å². The molecule has 6 nitrogen and oxygen atoms in total. The molecule has 0 spiro atoms. The molecule has 59 heavy (non-hydrogen) atoms. The number of hydrogen-bond donors (Lipinski definition) is 0. The minimum absolute atomic E-state index is 0.615. The van der Waals surface area contributed by atoms with E-state index in [0.717, 1.165) is 101 Å². The van der Waals surface area contributed by atoms with Gasteiger partial charge in [0, 0.05) is 46.0 Å². The summed E-state index contributed by atoms with van der Waals surface area (Å²) >= 11 is 0. The van der Waals surface area contributed by atoms with Gasteiger partial charge in [-0.1, -0.05) is 115 Å². The molecular formula is C53H39N5O. The van der Waals surface area contributed by atoms with Gasteiger partial charge in [0.1, 0.15) is 29.8 Å². The molecule has 0 fully saturated rings. The molecule has 3 aromatic heterocycles. The third-order valence-electron chi connectivity index (χ3n) is 11.7. The third kappa shape index (κ3) is 5.88. The molecular weight excluding hydrogens is 723 g/mol. The highest BCUT2D eigenvalue weighted by Crippen LogP contribution is 2.47. The first-order valence-electron chi connectivity index (χ1n) is 20.0. The van der Waals surface area contributed by atoms with Crippen LogP contribution in [-0.4, -0.2) is 19.1 Å². The van der Waals surface area contributed by atoms with Crippen molar-refractivity contribution in [1.29, 1.82) is 0 Å². The van der Waals surface area contributed by atoms with E-state index >= 15 is 0 Å². The lowest BCUT2D eigenvalue weighted by Crippen LogP contribution is -2.27. The second-order valence-corrected chi connectivity index (χ2v) is 15.1.